The molecule has 2 aromatic rings. The smallest absolute Gasteiger partial charge is 0.173 e. The van der Waals surface area contributed by atoms with Crippen LogP contribution in [0.4, 0.5) is 0 Å². The van der Waals surface area contributed by atoms with E-state index in [4.69, 9.17) is 4.42 Å². The third-order valence-corrected chi connectivity index (χ3v) is 3.89. The lowest BCUT2D eigenvalue weighted by Gasteiger charge is -2.24. The largest absolute Gasteiger partial charge is 0.457 e. The summed E-state index contributed by atoms with van der Waals surface area (Å²) in [5.41, 5.74) is 2.23. The van der Waals surface area contributed by atoms with E-state index in [2.05, 4.69) is 46.1 Å². The van der Waals surface area contributed by atoms with Crippen molar-refractivity contribution >= 4 is 15.9 Å². The molecule has 0 amide bonds. The zero-order chi connectivity index (χ0) is 13.7. The van der Waals surface area contributed by atoms with E-state index in [0.717, 1.165) is 28.9 Å². The van der Waals surface area contributed by atoms with Gasteiger partial charge in [-0.05, 0) is 47.1 Å². The van der Waals surface area contributed by atoms with Crippen LogP contribution in [-0.2, 0) is 0 Å². The van der Waals surface area contributed by atoms with Gasteiger partial charge in [-0.1, -0.05) is 19.9 Å². The molecule has 0 fully saturated rings. The average Bonchev–Trinajstić information content (AvgIpc) is 2.86. The van der Waals surface area contributed by atoms with Crippen LogP contribution in [0.25, 0.3) is 0 Å². The molecule has 2 rings (SSSR count). The highest BCUT2D eigenvalue weighted by Crippen LogP contribution is 2.34. The van der Waals surface area contributed by atoms with Gasteiger partial charge in [-0.2, -0.15) is 0 Å². The van der Waals surface area contributed by atoms with E-state index in [-0.39, 0.29) is 12.0 Å². The molecule has 0 radical (unpaired) electrons. The molecule has 0 aliphatic carbocycles. The van der Waals surface area contributed by atoms with E-state index in [1.165, 1.54) is 0 Å². The molecule has 0 bridgehead atoms. The number of rotatable bonds is 6. The first-order valence-corrected chi connectivity index (χ1v) is 7.40. The second kappa shape index (κ2) is 6.87. The van der Waals surface area contributed by atoms with Crippen molar-refractivity contribution in [3.05, 3.63) is 52.7 Å². The second-order valence-corrected chi connectivity index (χ2v) is 5.34. The van der Waals surface area contributed by atoms with Gasteiger partial charge in [0, 0.05) is 29.4 Å². The van der Waals surface area contributed by atoms with Gasteiger partial charge in [0.05, 0.1) is 6.26 Å². The Labute approximate surface area is 122 Å². The van der Waals surface area contributed by atoms with Crippen molar-refractivity contribution in [2.45, 2.75) is 32.2 Å². The van der Waals surface area contributed by atoms with Gasteiger partial charge in [-0.25, -0.2) is 0 Å². The normalized spacial score (nSPS) is 14.3. The molecule has 2 atom stereocenters. The Balaban J connectivity index is 2.25. The Hall–Kier alpha value is -1.13. The molecule has 3 nitrogen and oxygen atoms in total. The van der Waals surface area contributed by atoms with Gasteiger partial charge in [-0.3, -0.25) is 4.98 Å². The minimum absolute atomic E-state index is 0.197. The van der Waals surface area contributed by atoms with Crippen LogP contribution in [0.1, 0.15) is 43.5 Å². The molecule has 0 saturated carbocycles. The van der Waals surface area contributed by atoms with E-state index in [1.807, 2.05) is 24.4 Å². The average molecular weight is 323 g/mol. The fourth-order valence-corrected chi connectivity index (χ4v) is 2.69. The fraction of sp³-hybridized carbons (Fsp3) is 0.400. The third kappa shape index (κ3) is 3.45. The van der Waals surface area contributed by atoms with Crippen LogP contribution in [0.5, 0.6) is 0 Å². The Morgan fingerprint density at radius 2 is 2.21 bits per heavy atom. The Bertz CT molecular complexity index is 498. The van der Waals surface area contributed by atoms with Crippen molar-refractivity contribution in [1.29, 1.82) is 0 Å². The van der Waals surface area contributed by atoms with Gasteiger partial charge in [0.25, 0.3) is 0 Å². The first-order valence-electron chi connectivity index (χ1n) is 6.61. The number of nitrogens with zero attached hydrogens (tertiary/aromatic N) is 1. The number of hydrogen-bond acceptors (Lipinski definition) is 3. The Morgan fingerprint density at radius 3 is 2.79 bits per heavy atom. The lowest BCUT2D eigenvalue weighted by atomic mass is 9.93. The number of furan rings is 1. The molecule has 1 N–H and O–H groups in total. The second-order valence-electron chi connectivity index (χ2n) is 4.62. The third-order valence-electron chi connectivity index (χ3n) is 3.25. The molecule has 0 aliphatic rings. The van der Waals surface area contributed by atoms with Crippen molar-refractivity contribution < 1.29 is 4.42 Å². The lowest BCUT2D eigenvalue weighted by Crippen LogP contribution is -2.27. The zero-order valence-electron chi connectivity index (χ0n) is 11.3. The molecule has 2 heterocycles. The number of halogens is 1. The van der Waals surface area contributed by atoms with Crippen molar-refractivity contribution in [2.75, 3.05) is 6.54 Å². The topological polar surface area (TPSA) is 38.1 Å². The highest BCUT2D eigenvalue weighted by Gasteiger charge is 2.24. The zero-order valence-corrected chi connectivity index (χ0v) is 12.9. The molecule has 0 aromatic carbocycles. The lowest BCUT2D eigenvalue weighted by molar-refractivity contribution is 0.447. The molecule has 2 aromatic heterocycles. The number of aromatic nitrogens is 1. The van der Waals surface area contributed by atoms with Crippen molar-refractivity contribution in [3.63, 3.8) is 0 Å². The van der Waals surface area contributed by atoms with Gasteiger partial charge < -0.3 is 9.73 Å². The van der Waals surface area contributed by atoms with E-state index in [0.29, 0.717) is 0 Å². The number of pyridine rings is 1. The highest BCUT2D eigenvalue weighted by atomic mass is 79.9. The predicted molar refractivity (Wildman–Crippen MR) is 80.1 cm³/mol. The number of nitrogens with one attached hydrogen (secondary N) is 1. The first kappa shape index (κ1) is 14.3. The summed E-state index contributed by atoms with van der Waals surface area (Å²) < 4.78 is 6.16. The van der Waals surface area contributed by atoms with Crippen LogP contribution in [0.15, 0.2) is 45.8 Å². The standard InChI is InChI=1S/C15H19BrN2O/c1-3-8-18-14(12-7-10-19-15(12)16)11(2)13-6-4-5-9-17-13/h4-7,9-11,14,18H,3,8H2,1-2H3. The van der Waals surface area contributed by atoms with Crippen LogP contribution in [0, 0.1) is 0 Å². The van der Waals surface area contributed by atoms with E-state index in [1.54, 1.807) is 6.26 Å². The molecule has 0 spiro atoms. The highest BCUT2D eigenvalue weighted by molar-refractivity contribution is 9.10. The van der Waals surface area contributed by atoms with Gasteiger partial charge in [0.2, 0.25) is 0 Å². The molecule has 2 unspecified atom stereocenters. The summed E-state index contributed by atoms with van der Waals surface area (Å²) in [4.78, 5) is 4.46. The summed E-state index contributed by atoms with van der Waals surface area (Å²) in [7, 11) is 0. The molecule has 0 saturated heterocycles. The molecular formula is C15H19BrN2O. The molecule has 0 aliphatic heterocycles. The van der Waals surface area contributed by atoms with Crippen molar-refractivity contribution in [2.24, 2.45) is 0 Å². The minimum Gasteiger partial charge on any atom is -0.457 e. The summed E-state index contributed by atoms with van der Waals surface area (Å²) >= 11 is 3.47. The first-order chi connectivity index (χ1) is 9.24. The maximum Gasteiger partial charge on any atom is 0.173 e. The summed E-state index contributed by atoms with van der Waals surface area (Å²) in [6, 6.07) is 8.25. The summed E-state index contributed by atoms with van der Waals surface area (Å²) in [5.74, 6) is 0.279. The quantitative estimate of drug-likeness (QED) is 0.862. The Kier molecular flexibility index (Phi) is 5.16. The van der Waals surface area contributed by atoms with E-state index >= 15 is 0 Å². The van der Waals surface area contributed by atoms with Gasteiger partial charge in [0.1, 0.15) is 0 Å². The predicted octanol–water partition coefficient (Wildman–Crippen LogP) is 4.28. The molecule has 19 heavy (non-hydrogen) atoms. The maximum absolute atomic E-state index is 5.37. The van der Waals surface area contributed by atoms with Crippen molar-refractivity contribution in [3.8, 4) is 0 Å². The fourth-order valence-electron chi connectivity index (χ4n) is 2.20. The summed E-state index contributed by atoms with van der Waals surface area (Å²) in [6.45, 7) is 5.33. The SMILES string of the molecule is CCCNC(c1ccoc1Br)C(C)c1ccccn1. The Morgan fingerprint density at radius 1 is 1.37 bits per heavy atom. The van der Waals surface area contributed by atoms with Crippen LogP contribution in [0.3, 0.4) is 0 Å². The van der Waals surface area contributed by atoms with Crippen LogP contribution in [-0.4, -0.2) is 11.5 Å². The molecular weight excluding hydrogens is 304 g/mol. The maximum atomic E-state index is 5.37. The van der Waals surface area contributed by atoms with Crippen LogP contribution < -0.4 is 5.32 Å². The minimum atomic E-state index is 0.197. The van der Waals surface area contributed by atoms with Gasteiger partial charge in [0.15, 0.2) is 4.67 Å². The molecule has 102 valence electrons. The van der Waals surface area contributed by atoms with Crippen LogP contribution in [0.2, 0.25) is 0 Å². The number of hydrogen-bond donors (Lipinski definition) is 1. The summed E-state index contributed by atoms with van der Waals surface area (Å²) in [5, 5.41) is 3.58. The van der Waals surface area contributed by atoms with Crippen LogP contribution >= 0.6 is 15.9 Å². The van der Waals surface area contributed by atoms with E-state index < -0.39 is 0 Å². The molecule has 4 heteroatoms. The van der Waals surface area contributed by atoms with Crippen molar-refractivity contribution in [1.82, 2.24) is 10.3 Å². The van der Waals surface area contributed by atoms with Gasteiger partial charge >= 0.3 is 0 Å². The monoisotopic (exact) mass is 322 g/mol. The van der Waals surface area contributed by atoms with E-state index in [9.17, 15) is 0 Å². The van der Waals surface area contributed by atoms with Gasteiger partial charge in [-0.15, -0.1) is 0 Å². The summed E-state index contributed by atoms with van der Waals surface area (Å²) in [6.07, 6.45) is 4.65.